The third kappa shape index (κ3) is 3.62. The number of thiophene rings is 2. The van der Waals surface area contributed by atoms with Crippen LogP contribution >= 0.6 is 22.7 Å². The predicted octanol–water partition coefficient (Wildman–Crippen LogP) is 11.0. The van der Waals surface area contributed by atoms with Gasteiger partial charge in [0.1, 0.15) is 0 Å². The zero-order valence-electron chi connectivity index (χ0n) is 23.1. The number of hydrogen-bond acceptors (Lipinski definition) is 4. The standard InChI is InChI=1S/C38H25N3S2/c39-35(23-12-2-1-3-13-23)24-14-4-8-18-28(24)40-22-41-29-19-9-5-15-25(29)34-36(41)38-33(27-17-7-11-21-31(27)43-38)32-26-16-6-10-20-30(26)42-37(32)34/h1-21,39-40H,22H2. The molecule has 9 rings (SSSR count). The fraction of sp³-hybridized carbons (Fsp3) is 0.0263. The molecule has 0 amide bonds. The van der Waals surface area contributed by atoms with Crippen molar-refractivity contribution >= 4 is 96.2 Å². The molecule has 43 heavy (non-hydrogen) atoms. The van der Waals surface area contributed by atoms with Gasteiger partial charge in [0.25, 0.3) is 0 Å². The van der Waals surface area contributed by atoms with E-state index in [1.54, 1.807) is 0 Å². The van der Waals surface area contributed by atoms with E-state index >= 15 is 0 Å². The second-order valence-corrected chi connectivity index (χ2v) is 13.0. The maximum absolute atomic E-state index is 9.00. The summed E-state index contributed by atoms with van der Waals surface area (Å²) in [6.45, 7) is 0.586. The molecule has 3 nitrogen and oxygen atoms in total. The van der Waals surface area contributed by atoms with Gasteiger partial charge < -0.3 is 9.88 Å². The first-order valence-corrected chi connectivity index (χ1v) is 16.0. The first-order valence-electron chi connectivity index (χ1n) is 14.4. The zero-order valence-corrected chi connectivity index (χ0v) is 24.7. The van der Waals surface area contributed by atoms with Crippen LogP contribution in [0.5, 0.6) is 0 Å². The van der Waals surface area contributed by atoms with Gasteiger partial charge in [-0.25, -0.2) is 0 Å². The predicted molar refractivity (Wildman–Crippen MR) is 188 cm³/mol. The second kappa shape index (κ2) is 9.53. The highest BCUT2D eigenvalue weighted by molar-refractivity contribution is 7.29. The maximum Gasteiger partial charge on any atom is 0.0926 e. The quantitative estimate of drug-likeness (QED) is 0.193. The van der Waals surface area contributed by atoms with Crippen molar-refractivity contribution in [3.8, 4) is 0 Å². The van der Waals surface area contributed by atoms with E-state index in [2.05, 4.69) is 88.7 Å². The first-order chi connectivity index (χ1) is 21.3. The summed E-state index contributed by atoms with van der Waals surface area (Å²) in [5.74, 6) is 0. The minimum atomic E-state index is 0.518. The Morgan fingerprint density at radius 3 is 1.93 bits per heavy atom. The Morgan fingerprint density at radius 2 is 1.16 bits per heavy atom. The molecule has 0 radical (unpaired) electrons. The third-order valence-electron chi connectivity index (χ3n) is 8.54. The van der Waals surface area contributed by atoms with E-state index in [0.29, 0.717) is 12.4 Å². The Morgan fingerprint density at radius 1 is 0.581 bits per heavy atom. The highest BCUT2D eigenvalue weighted by Gasteiger charge is 2.23. The number of para-hydroxylation sites is 2. The molecule has 3 heterocycles. The van der Waals surface area contributed by atoms with Crippen molar-refractivity contribution in [3.63, 3.8) is 0 Å². The maximum atomic E-state index is 9.00. The van der Waals surface area contributed by atoms with Gasteiger partial charge in [-0.15, -0.1) is 22.7 Å². The van der Waals surface area contributed by atoms with Gasteiger partial charge in [0.15, 0.2) is 0 Å². The summed E-state index contributed by atoms with van der Waals surface area (Å²) in [7, 11) is 0. The largest absolute Gasteiger partial charge is 0.367 e. The Kier molecular flexibility index (Phi) is 5.45. The van der Waals surface area contributed by atoms with E-state index in [4.69, 9.17) is 5.41 Å². The summed E-state index contributed by atoms with van der Waals surface area (Å²) in [5.41, 5.74) is 5.77. The lowest BCUT2D eigenvalue weighted by Gasteiger charge is -2.15. The number of anilines is 1. The number of nitrogens with zero attached hydrogens (tertiary/aromatic N) is 1. The third-order valence-corrected chi connectivity index (χ3v) is 10.9. The summed E-state index contributed by atoms with van der Waals surface area (Å²) in [5, 5.41) is 20.7. The number of nitrogens with one attached hydrogen (secondary N) is 2. The van der Waals surface area contributed by atoms with Gasteiger partial charge >= 0.3 is 0 Å². The van der Waals surface area contributed by atoms with Gasteiger partial charge in [-0.2, -0.15) is 0 Å². The average molecular weight is 588 g/mol. The number of benzene rings is 6. The molecule has 0 bridgehead atoms. The molecule has 0 spiro atoms. The van der Waals surface area contributed by atoms with Crippen LogP contribution in [0.2, 0.25) is 0 Å². The van der Waals surface area contributed by atoms with Crippen LogP contribution in [0.1, 0.15) is 11.1 Å². The summed E-state index contributed by atoms with van der Waals surface area (Å²) < 4.78 is 7.77. The topological polar surface area (TPSA) is 40.8 Å². The van der Waals surface area contributed by atoms with Crippen molar-refractivity contribution in [2.45, 2.75) is 6.67 Å². The Bertz CT molecular complexity index is 2530. The minimum Gasteiger partial charge on any atom is -0.367 e. The minimum absolute atomic E-state index is 0.518. The fourth-order valence-corrected chi connectivity index (χ4v) is 9.18. The Labute approximate surface area is 255 Å². The monoisotopic (exact) mass is 587 g/mol. The van der Waals surface area contributed by atoms with Crippen LogP contribution in [0.3, 0.4) is 0 Å². The van der Waals surface area contributed by atoms with Crippen LogP contribution in [0.4, 0.5) is 5.69 Å². The van der Waals surface area contributed by atoms with Gasteiger partial charge in [-0.3, -0.25) is 5.41 Å². The molecule has 204 valence electrons. The van der Waals surface area contributed by atoms with Crippen LogP contribution in [-0.4, -0.2) is 10.3 Å². The second-order valence-electron chi connectivity index (χ2n) is 10.9. The molecular formula is C38H25N3S2. The number of fused-ring (bicyclic) bond motifs is 12. The molecule has 0 saturated heterocycles. The first kappa shape index (κ1) is 24.6. The van der Waals surface area contributed by atoms with E-state index in [9.17, 15) is 0 Å². The highest BCUT2D eigenvalue weighted by Crippen LogP contribution is 2.51. The van der Waals surface area contributed by atoms with Crippen molar-refractivity contribution < 1.29 is 0 Å². The normalized spacial score (nSPS) is 11.9. The highest BCUT2D eigenvalue weighted by atomic mass is 32.1. The van der Waals surface area contributed by atoms with Crippen molar-refractivity contribution in [3.05, 3.63) is 139 Å². The molecule has 0 fully saturated rings. The molecule has 6 aromatic carbocycles. The van der Waals surface area contributed by atoms with Gasteiger partial charge in [-0.05, 0) is 24.3 Å². The lowest BCUT2D eigenvalue weighted by molar-refractivity contribution is 0.844. The van der Waals surface area contributed by atoms with E-state index in [-0.39, 0.29) is 0 Å². The molecule has 0 unspecified atom stereocenters. The smallest absolute Gasteiger partial charge is 0.0926 e. The van der Waals surface area contributed by atoms with Crippen LogP contribution in [-0.2, 0) is 6.67 Å². The van der Waals surface area contributed by atoms with Crippen molar-refractivity contribution in [2.75, 3.05) is 5.32 Å². The molecular weight excluding hydrogens is 563 g/mol. The average Bonchev–Trinajstić information content (AvgIpc) is 3.73. The van der Waals surface area contributed by atoms with Crippen LogP contribution < -0.4 is 5.32 Å². The lowest BCUT2D eigenvalue weighted by atomic mass is 10.0. The van der Waals surface area contributed by atoms with Crippen molar-refractivity contribution in [2.24, 2.45) is 0 Å². The van der Waals surface area contributed by atoms with Crippen molar-refractivity contribution in [1.82, 2.24) is 4.57 Å². The van der Waals surface area contributed by atoms with Gasteiger partial charge in [0.05, 0.1) is 28.1 Å². The molecule has 5 heteroatoms. The molecule has 0 atom stereocenters. The lowest BCUT2D eigenvalue weighted by Crippen LogP contribution is -2.12. The van der Waals surface area contributed by atoms with E-state index in [1.165, 1.54) is 62.2 Å². The number of hydrogen-bond donors (Lipinski definition) is 2. The summed E-state index contributed by atoms with van der Waals surface area (Å²) in [6, 6.07) is 44.6. The van der Waals surface area contributed by atoms with Crippen LogP contribution in [0, 0.1) is 5.41 Å². The Hall–Kier alpha value is -4.97. The zero-order chi connectivity index (χ0) is 28.5. The van der Waals surface area contributed by atoms with Crippen LogP contribution in [0.15, 0.2) is 127 Å². The molecule has 0 aliphatic rings. The molecule has 3 aromatic heterocycles. The number of aromatic nitrogens is 1. The molecule has 2 N–H and O–H groups in total. The van der Waals surface area contributed by atoms with Crippen LogP contribution in [0.25, 0.3) is 62.2 Å². The van der Waals surface area contributed by atoms with E-state index in [0.717, 1.165) is 16.8 Å². The fourth-order valence-electron chi connectivity index (χ4n) is 6.64. The van der Waals surface area contributed by atoms with Crippen molar-refractivity contribution in [1.29, 1.82) is 5.41 Å². The molecule has 0 aliphatic heterocycles. The SMILES string of the molecule is N=C(c1ccccc1)c1ccccc1NCn1c2ccccc2c2c3sc4ccccc4c3c3c4ccccc4sc3c21. The molecule has 0 saturated carbocycles. The van der Waals surface area contributed by atoms with Gasteiger partial charge in [0, 0.05) is 63.2 Å². The summed E-state index contributed by atoms with van der Waals surface area (Å²) in [6.07, 6.45) is 0. The Balaban J connectivity index is 1.32. The van der Waals surface area contributed by atoms with Gasteiger partial charge in [-0.1, -0.05) is 103 Å². The summed E-state index contributed by atoms with van der Waals surface area (Å²) in [4.78, 5) is 0. The molecule has 9 aromatic rings. The number of rotatable bonds is 5. The van der Waals surface area contributed by atoms with Gasteiger partial charge in [0.2, 0.25) is 0 Å². The molecule has 0 aliphatic carbocycles. The van der Waals surface area contributed by atoms with E-state index < -0.39 is 0 Å². The summed E-state index contributed by atoms with van der Waals surface area (Å²) >= 11 is 3.80. The van der Waals surface area contributed by atoms with E-state index in [1.807, 2.05) is 71.2 Å².